The van der Waals surface area contributed by atoms with E-state index in [9.17, 15) is 4.57 Å². The Bertz CT molecular complexity index is 782. The molecule has 8 nitrogen and oxygen atoms in total. The normalized spacial score (nSPS) is 14.6. The van der Waals surface area contributed by atoms with Crippen LogP contribution in [0.1, 0.15) is 18.7 Å². The molecule has 0 saturated heterocycles. The molecule has 0 radical (unpaired) electrons. The number of hydrogen-bond acceptors (Lipinski definition) is 5. The van der Waals surface area contributed by atoms with E-state index < -0.39 is 20.0 Å². The number of imidazole rings is 1. The monoisotopic (exact) mass is 338 g/mol. The summed E-state index contributed by atoms with van der Waals surface area (Å²) in [7, 11) is -4.26. The molecule has 0 aliphatic carbocycles. The maximum atomic E-state index is 11.0. The van der Waals surface area contributed by atoms with Gasteiger partial charge in [-0.1, -0.05) is 12.7 Å². The van der Waals surface area contributed by atoms with Gasteiger partial charge in [0, 0.05) is 0 Å². The molecule has 0 bridgehead atoms. The zero-order valence-electron chi connectivity index (χ0n) is 13.0. The van der Waals surface area contributed by atoms with E-state index >= 15 is 0 Å². The summed E-state index contributed by atoms with van der Waals surface area (Å²) in [6, 6.07) is -0.255. The average molecular weight is 338 g/mol. The quantitative estimate of drug-likeness (QED) is 0.586. The Morgan fingerprint density at radius 2 is 2.17 bits per heavy atom. The summed E-state index contributed by atoms with van der Waals surface area (Å²) < 4.78 is 18.0. The van der Waals surface area contributed by atoms with E-state index in [2.05, 4.69) is 28.1 Å². The lowest BCUT2D eigenvalue weighted by atomic mass is 10.0. The molecule has 0 saturated carbocycles. The van der Waals surface area contributed by atoms with Crippen molar-refractivity contribution >= 4 is 18.8 Å². The molecular weight excluding hydrogens is 319 g/mol. The number of aryl methyl sites for hydroxylation is 1. The van der Waals surface area contributed by atoms with Crippen molar-refractivity contribution in [3.8, 4) is 0 Å². The highest BCUT2D eigenvalue weighted by molar-refractivity contribution is 7.51. The topological polar surface area (TPSA) is 110 Å². The minimum atomic E-state index is -4.26. The predicted molar refractivity (Wildman–Crippen MR) is 85.9 cm³/mol. The van der Waals surface area contributed by atoms with Crippen LogP contribution in [0.5, 0.6) is 0 Å². The highest BCUT2D eigenvalue weighted by Gasteiger charge is 2.23. The molecule has 0 amide bonds. The third-order valence-corrected chi connectivity index (χ3v) is 3.98. The van der Waals surface area contributed by atoms with E-state index in [0.29, 0.717) is 16.7 Å². The molecule has 2 N–H and O–H groups in total. The minimum absolute atomic E-state index is 0.255. The summed E-state index contributed by atoms with van der Waals surface area (Å²) in [5.74, 6) is 0. The van der Waals surface area contributed by atoms with Crippen molar-refractivity contribution < 1.29 is 19.1 Å². The Labute approximate surface area is 133 Å². The first-order chi connectivity index (χ1) is 10.7. The number of hydrogen-bond donors (Lipinski definition) is 2. The molecule has 2 heterocycles. The molecule has 2 aromatic heterocycles. The first kappa shape index (κ1) is 17.5. The molecule has 0 spiro atoms. The van der Waals surface area contributed by atoms with Gasteiger partial charge in [0.1, 0.15) is 18.2 Å². The van der Waals surface area contributed by atoms with Crippen molar-refractivity contribution in [1.82, 2.24) is 19.5 Å². The summed E-state index contributed by atoms with van der Waals surface area (Å²) >= 11 is 0. The molecule has 0 unspecified atom stereocenters. The van der Waals surface area contributed by atoms with Gasteiger partial charge in [0.05, 0.1) is 24.2 Å². The van der Waals surface area contributed by atoms with E-state index in [4.69, 9.17) is 14.5 Å². The second kappa shape index (κ2) is 6.72. The maximum Gasteiger partial charge on any atom is 0.351 e. The van der Waals surface area contributed by atoms with Crippen molar-refractivity contribution in [3.05, 3.63) is 43.2 Å². The first-order valence-electron chi connectivity index (χ1n) is 6.86. The lowest BCUT2D eigenvalue weighted by Gasteiger charge is -2.23. The Hall–Kier alpha value is -1.86. The van der Waals surface area contributed by atoms with Crippen molar-refractivity contribution in [3.63, 3.8) is 0 Å². The van der Waals surface area contributed by atoms with Gasteiger partial charge in [-0.15, -0.1) is 6.58 Å². The van der Waals surface area contributed by atoms with Crippen molar-refractivity contribution in [2.45, 2.75) is 26.0 Å². The van der Waals surface area contributed by atoms with Gasteiger partial charge in [-0.05, 0) is 19.4 Å². The van der Waals surface area contributed by atoms with Crippen LogP contribution in [0.3, 0.4) is 0 Å². The van der Waals surface area contributed by atoms with Crippen LogP contribution in [0.25, 0.3) is 11.2 Å². The lowest BCUT2D eigenvalue weighted by Crippen LogP contribution is -2.20. The van der Waals surface area contributed by atoms with Crippen LogP contribution in [-0.4, -0.2) is 41.8 Å². The highest BCUT2D eigenvalue weighted by Crippen LogP contribution is 2.36. The van der Waals surface area contributed by atoms with Crippen LogP contribution in [-0.2, 0) is 9.30 Å². The van der Waals surface area contributed by atoms with Crippen LogP contribution >= 0.6 is 7.60 Å². The number of rotatable bonds is 7. The predicted octanol–water partition coefficient (Wildman–Crippen LogP) is 1.96. The van der Waals surface area contributed by atoms with E-state index in [1.807, 2.05) is 18.4 Å². The van der Waals surface area contributed by atoms with E-state index in [1.165, 1.54) is 12.4 Å². The molecule has 0 aromatic carbocycles. The Morgan fingerprint density at radius 1 is 1.48 bits per heavy atom. The van der Waals surface area contributed by atoms with Gasteiger partial charge in [0.15, 0.2) is 5.65 Å². The van der Waals surface area contributed by atoms with Crippen molar-refractivity contribution in [2.24, 2.45) is 0 Å². The molecule has 23 heavy (non-hydrogen) atoms. The van der Waals surface area contributed by atoms with E-state index in [-0.39, 0.29) is 6.04 Å². The average Bonchev–Trinajstić information content (AvgIpc) is 2.91. The standard InChI is InChI=1S/C14H19N4O4P/c1-5-12(22-8-23(19,20)21)9(2)11(4)18-7-17-13-10(3)15-6-16-14(13)18/h5-7,11-12H,1-2,8H2,3-4H3,(H2,19,20,21)/t11-,12+/m0/s1. The van der Waals surface area contributed by atoms with Gasteiger partial charge in [0.25, 0.3) is 0 Å². The van der Waals surface area contributed by atoms with E-state index in [0.717, 1.165) is 5.69 Å². The van der Waals surface area contributed by atoms with Gasteiger partial charge in [-0.25, -0.2) is 15.0 Å². The zero-order chi connectivity index (χ0) is 17.2. The van der Waals surface area contributed by atoms with Gasteiger partial charge < -0.3 is 19.1 Å². The molecule has 0 fully saturated rings. The van der Waals surface area contributed by atoms with Crippen LogP contribution in [0.2, 0.25) is 0 Å². The number of nitrogens with zero attached hydrogens (tertiary/aromatic N) is 4. The smallest absolute Gasteiger partial charge is 0.351 e. The molecule has 0 aliphatic heterocycles. The fourth-order valence-electron chi connectivity index (χ4n) is 2.17. The van der Waals surface area contributed by atoms with Crippen LogP contribution < -0.4 is 0 Å². The van der Waals surface area contributed by atoms with Gasteiger partial charge in [0.2, 0.25) is 0 Å². The Balaban J connectivity index is 2.25. The Kier molecular flexibility index (Phi) is 5.11. The van der Waals surface area contributed by atoms with Gasteiger partial charge >= 0.3 is 7.60 Å². The highest BCUT2D eigenvalue weighted by atomic mass is 31.2. The molecule has 9 heteroatoms. The lowest BCUT2D eigenvalue weighted by molar-refractivity contribution is 0.126. The zero-order valence-corrected chi connectivity index (χ0v) is 13.8. The van der Waals surface area contributed by atoms with Crippen LogP contribution in [0.4, 0.5) is 0 Å². The maximum absolute atomic E-state index is 11.0. The fraction of sp³-hybridized carbons (Fsp3) is 0.357. The largest absolute Gasteiger partial charge is 0.357 e. The van der Waals surface area contributed by atoms with Crippen molar-refractivity contribution in [2.75, 3.05) is 6.35 Å². The summed E-state index contributed by atoms with van der Waals surface area (Å²) in [5, 5.41) is 0. The molecule has 124 valence electrons. The molecule has 2 aromatic rings. The molecule has 2 rings (SSSR count). The Morgan fingerprint density at radius 3 is 2.78 bits per heavy atom. The number of fused-ring (bicyclic) bond motifs is 1. The minimum Gasteiger partial charge on any atom is -0.357 e. The second-order valence-corrected chi connectivity index (χ2v) is 6.74. The number of ether oxygens (including phenoxy) is 1. The first-order valence-corrected chi connectivity index (χ1v) is 8.66. The third kappa shape index (κ3) is 3.92. The summed E-state index contributed by atoms with van der Waals surface area (Å²) in [5.41, 5.74) is 2.70. The van der Waals surface area contributed by atoms with E-state index in [1.54, 1.807) is 6.33 Å². The molecule has 0 aliphatic rings. The second-order valence-electron chi connectivity index (χ2n) is 5.15. The molecular formula is C14H19N4O4P. The third-order valence-electron chi connectivity index (χ3n) is 3.50. The number of aromatic nitrogens is 4. The molecule has 2 atom stereocenters. The van der Waals surface area contributed by atoms with Crippen molar-refractivity contribution in [1.29, 1.82) is 0 Å². The summed E-state index contributed by atoms with van der Waals surface area (Å²) in [6.07, 6.45) is 3.15. The summed E-state index contributed by atoms with van der Waals surface area (Å²) in [4.78, 5) is 30.5. The van der Waals surface area contributed by atoms with Crippen LogP contribution in [0.15, 0.2) is 37.5 Å². The van der Waals surface area contributed by atoms with Crippen LogP contribution in [0, 0.1) is 6.92 Å². The SMILES string of the molecule is C=C[C@@H](OCP(=O)(O)O)C(=C)[C@H](C)n1cnc2c(C)ncnc21. The fourth-order valence-corrected chi connectivity index (χ4v) is 2.53. The van der Waals surface area contributed by atoms with Gasteiger partial charge in [-0.2, -0.15) is 0 Å². The summed E-state index contributed by atoms with van der Waals surface area (Å²) in [6.45, 7) is 11.3. The van der Waals surface area contributed by atoms with Gasteiger partial charge in [-0.3, -0.25) is 4.57 Å².